The van der Waals surface area contributed by atoms with E-state index >= 15 is 0 Å². The summed E-state index contributed by atoms with van der Waals surface area (Å²) in [7, 11) is 0. The lowest BCUT2D eigenvalue weighted by Crippen LogP contribution is -2.48. The Balaban J connectivity index is 1.47. The number of aryl methyl sites for hydroxylation is 1. The van der Waals surface area contributed by atoms with Gasteiger partial charge in [-0.25, -0.2) is 4.98 Å². The highest BCUT2D eigenvalue weighted by Crippen LogP contribution is 2.31. The second kappa shape index (κ2) is 6.77. The summed E-state index contributed by atoms with van der Waals surface area (Å²) in [6, 6.07) is 13.9. The Hall–Kier alpha value is -1.92. The zero-order valence-corrected chi connectivity index (χ0v) is 16.3. The molecule has 4 rings (SSSR count). The molecular weight excluding hydrogens is 398 g/mol. The van der Waals surface area contributed by atoms with Crippen molar-refractivity contribution in [3.63, 3.8) is 0 Å². The molecule has 0 radical (unpaired) electrons. The number of amides is 1. The van der Waals surface area contributed by atoms with Crippen molar-refractivity contribution in [1.82, 2.24) is 9.88 Å². The number of benzene rings is 2. The lowest BCUT2D eigenvalue weighted by Gasteiger charge is -2.34. The second-order valence-corrected chi connectivity index (χ2v) is 8.13. The van der Waals surface area contributed by atoms with Gasteiger partial charge in [0, 0.05) is 36.2 Å². The number of thiazole rings is 1. The van der Waals surface area contributed by atoms with Gasteiger partial charge < -0.3 is 9.80 Å². The Morgan fingerprint density at radius 1 is 1.12 bits per heavy atom. The van der Waals surface area contributed by atoms with Crippen LogP contribution in [0.4, 0.5) is 5.13 Å². The van der Waals surface area contributed by atoms with E-state index in [2.05, 4.69) is 46.0 Å². The topological polar surface area (TPSA) is 36.4 Å². The molecule has 2 heterocycles. The van der Waals surface area contributed by atoms with Crippen LogP contribution in [-0.4, -0.2) is 42.0 Å². The van der Waals surface area contributed by atoms with Crippen molar-refractivity contribution in [3.05, 3.63) is 58.1 Å². The predicted octanol–water partition coefficient (Wildman–Crippen LogP) is 4.33. The molecule has 0 atom stereocenters. The van der Waals surface area contributed by atoms with Crippen LogP contribution in [0.2, 0.25) is 0 Å². The van der Waals surface area contributed by atoms with Crippen LogP contribution in [0.5, 0.6) is 0 Å². The summed E-state index contributed by atoms with van der Waals surface area (Å²) in [5.74, 6) is 0.0982. The van der Waals surface area contributed by atoms with Crippen molar-refractivity contribution in [2.75, 3.05) is 31.1 Å². The monoisotopic (exact) mass is 415 g/mol. The first kappa shape index (κ1) is 16.5. The van der Waals surface area contributed by atoms with E-state index in [1.165, 1.54) is 10.3 Å². The molecular formula is C19H18BrN3OS. The summed E-state index contributed by atoms with van der Waals surface area (Å²) >= 11 is 5.16. The number of fused-ring (bicyclic) bond motifs is 1. The molecule has 4 nitrogen and oxygen atoms in total. The first-order valence-electron chi connectivity index (χ1n) is 8.28. The standard InChI is InChI=1S/C19H18BrN3OS/c1-13-4-2-7-16-17(13)21-19(25-16)23-10-8-22(9-11-23)18(24)14-5-3-6-15(20)12-14/h2-7,12H,8-11H2,1H3. The first-order valence-corrected chi connectivity index (χ1v) is 9.89. The molecule has 0 spiro atoms. The first-order chi connectivity index (χ1) is 12.1. The molecule has 0 aliphatic carbocycles. The van der Waals surface area contributed by atoms with Crippen LogP contribution < -0.4 is 4.90 Å². The molecule has 128 valence electrons. The second-order valence-electron chi connectivity index (χ2n) is 6.21. The van der Waals surface area contributed by atoms with Gasteiger partial charge in [0.25, 0.3) is 5.91 Å². The zero-order valence-electron chi connectivity index (χ0n) is 13.9. The van der Waals surface area contributed by atoms with Crippen molar-refractivity contribution in [2.24, 2.45) is 0 Å². The van der Waals surface area contributed by atoms with E-state index in [4.69, 9.17) is 4.98 Å². The highest BCUT2D eigenvalue weighted by Gasteiger charge is 2.24. The SMILES string of the molecule is Cc1cccc2sc(N3CCN(C(=O)c4cccc(Br)c4)CC3)nc12. The summed E-state index contributed by atoms with van der Waals surface area (Å²) < 4.78 is 2.16. The zero-order chi connectivity index (χ0) is 17.4. The van der Waals surface area contributed by atoms with E-state index in [0.717, 1.165) is 46.9 Å². The van der Waals surface area contributed by atoms with E-state index in [1.807, 2.05) is 29.2 Å². The third-order valence-electron chi connectivity index (χ3n) is 4.52. The van der Waals surface area contributed by atoms with Gasteiger partial charge in [-0.3, -0.25) is 4.79 Å². The maximum atomic E-state index is 12.7. The van der Waals surface area contributed by atoms with Gasteiger partial charge in [-0.2, -0.15) is 0 Å². The number of anilines is 1. The number of carbonyl (C=O) groups excluding carboxylic acids is 1. The fourth-order valence-electron chi connectivity index (χ4n) is 3.11. The van der Waals surface area contributed by atoms with Gasteiger partial charge in [-0.15, -0.1) is 0 Å². The average molecular weight is 416 g/mol. The van der Waals surface area contributed by atoms with Crippen molar-refractivity contribution >= 4 is 48.5 Å². The number of hydrogen-bond donors (Lipinski definition) is 0. The van der Waals surface area contributed by atoms with Crippen molar-refractivity contribution in [1.29, 1.82) is 0 Å². The quantitative estimate of drug-likeness (QED) is 0.624. The van der Waals surface area contributed by atoms with Gasteiger partial charge in [0.2, 0.25) is 0 Å². The molecule has 1 aliphatic heterocycles. The molecule has 0 N–H and O–H groups in total. The highest BCUT2D eigenvalue weighted by atomic mass is 79.9. The van der Waals surface area contributed by atoms with Gasteiger partial charge in [0.05, 0.1) is 10.2 Å². The maximum absolute atomic E-state index is 12.7. The largest absolute Gasteiger partial charge is 0.345 e. The molecule has 2 aromatic carbocycles. The molecule has 6 heteroatoms. The molecule has 0 unspecified atom stereocenters. The molecule has 0 saturated carbocycles. The number of piperazine rings is 1. The number of hydrogen-bond acceptors (Lipinski definition) is 4. The van der Waals surface area contributed by atoms with Gasteiger partial charge >= 0.3 is 0 Å². The molecule has 25 heavy (non-hydrogen) atoms. The highest BCUT2D eigenvalue weighted by molar-refractivity contribution is 9.10. The smallest absolute Gasteiger partial charge is 0.254 e. The Kier molecular flexibility index (Phi) is 4.48. The van der Waals surface area contributed by atoms with Gasteiger partial charge in [0.15, 0.2) is 5.13 Å². The van der Waals surface area contributed by atoms with Crippen LogP contribution in [0, 0.1) is 6.92 Å². The van der Waals surface area contributed by atoms with E-state index in [-0.39, 0.29) is 5.91 Å². The molecule has 3 aromatic rings. The number of nitrogens with zero attached hydrogens (tertiary/aromatic N) is 3. The normalized spacial score (nSPS) is 15.0. The predicted molar refractivity (Wildman–Crippen MR) is 107 cm³/mol. The van der Waals surface area contributed by atoms with Crippen molar-refractivity contribution in [2.45, 2.75) is 6.92 Å². The van der Waals surface area contributed by atoms with Crippen LogP contribution in [0.25, 0.3) is 10.2 Å². The Bertz CT molecular complexity index is 931. The molecule has 1 saturated heterocycles. The lowest BCUT2D eigenvalue weighted by molar-refractivity contribution is 0.0746. The van der Waals surface area contributed by atoms with Crippen LogP contribution in [0.1, 0.15) is 15.9 Å². The van der Waals surface area contributed by atoms with Crippen molar-refractivity contribution in [3.8, 4) is 0 Å². The van der Waals surface area contributed by atoms with E-state index < -0.39 is 0 Å². The molecule has 1 aromatic heterocycles. The molecule has 0 bridgehead atoms. The molecule has 1 amide bonds. The summed E-state index contributed by atoms with van der Waals surface area (Å²) in [6.45, 7) is 5.18. The molecule has 1 fully saturated rings. The third-order valence-corrected chi connectivity index (χ3v) is 6.09. The Morgan fingerprint density at radius 3 is 2.60 bits per heavy atom. The number of para-hydroxylation sites is 1. The average Bonchev–Trinajstić information content (AvgIpc) is 3.07. The van der Waals surface area contributed by atoms with Crippen molar-refractivity contribution < 1.29 is 4.79 Å². The minimum atomic E-state index is 0.0982. The number of aromatic nitrogens is 1. The fraction of sp³-hybridized carbons (Fsp3) is 0.263. The summed E-state index contributed by atoms with van der Waals surface area (Å²) in [4.78, 5) is 21.7. The van der Waals surface area contributed by atoms with Crippen LogP contribution >= 0.6 is 27.3 Å². The Labute approximate surface area is 159 Å². The number of halogens is 1. The molecule has 1 aliphatic rings. The summed E-state index contributed by atoms with van der Waals surface area (Å²) in [5, 5.41) is 1.05. The van der Waals surface area contributed by atoms with Gasteiger partial charge in [0.1, 0.15) is 0 Å². The van der Waals surface area contributed by atoms with Gasteiger partial charge in [-0.1, -0.05) is 45.5 Å². The minimum absolute atomic E-state index is 0.0982. The third kappa shape index (κ3) is 3.28. The van der Waals surface area contributed by atoms with Crippen LogP contribution in [0.15, 0.2) is 46.9 Å². The minimum Gasteiger partial charge on any atom is -0.345 e. The van der Waals surface area contributed by atoms with E-state index in [9.17, 15) is 4.79 Å². The summed E-state index contributed by atoms with van der Waals surface area (Å²) in [5.41, 5.74) is 3.04. The number of rotatable bonds is 2. The summed E-state index contributed by atoms with van der Waals surface area (Å²) in [6.07, 6.45) is 0. The van der Waals surface area contributed by atoms with Gasteiger partial charge in [-0.05, 0) is 36.8 Å². The van der Waals surface area contributed by atoms with E-state index in [0.29, 0.717) is 0 Å². The Morgan fingerprint density at radius 2 is 1.88 bits per heavy atom. The number of carbonyl (C=O) groups is 1. The van der Waals surface area contributed by atoms with E-state index in [1.54, 1.807) is 11.3 Å². The van der Waals surface area contributed by atoms with Crippen LogP contribution in [0.3, 0.4) is 0 Å². The maximum Gasteiger partial charge on any atom is 0.254 e. The lowest BCUT2D eigenvalue weighted by atomic mass is 10.2. The van der Waals surface area contributed by atoms with Crippen LogP contribution in [-0.2, 0) is 0 Å². The fourth-order valence-corrected chi connectivity index (χ4v) is 4.61.